The molecular formula is C39H58ClN3O7S. The number of hydrogen-bond acceptors (Lipinski definition) is 7. The summed E-state index contributed by atoms with van der Waals surface area (Å²) in [5.74, 6) is 0.944. The zero-order chi connectivity index (χ0) is 37.6. The maximum Gasteiger partial charge on any atom is 0.315 e. The lowest BCUT2D eigenvalue weighted by molar-refractivity contribution is 0.0793. The van der Waals surface area contributed by atoms with Gasteiger partial charge >= 0.3 is 6.03 Å². The summed E-state index contributed by atoms with van der Waals surface area (Å²) >= 11 is 6.57. The number of ether oxygens (including phenoxy) is 2. The number of rotatable bonds is 22. The van der Waals surface area contributed by atoms with E-state index in [1.807, 2.05) is 65.8 Å². The second-order valence-electron chi connectivity index (χ2n) is 13.5. The first-order chi connectivity index (χ1) is 24.4. The van der Waals surface area contributed by atoms with Crippen LogP contribution >= 0.6 is 11.6 Å². The number of urea groups is 1. The number of benzene rings is 2. The van der Waals surface area contributed by atoms with E-state index >= 15 is 0 Å². The maximum atomic E-state index is 13.9. The molecular weight excluding hydrogens is 690 g/mol. The largest absolute Gasteiger partial charge is 0.490 e. The zero-order valence-electron chi connectivity index (χ0n) is 31.0. The maximum absolute atomic E-state index is 13.9. The quantitative estimate of drug-likeness (QED) is 0.0746. The second-order valence-corrected chi connectivity index (χ2v) is 15.8. The highest BCUT2D eigenvalue weighted by atomic mass is 35.5. The lowest BCUT2D eigenvalue weighted by atomic mass is 9.93. The van der Waals surface area contributed by atoms with Gasteiger partial charge in [0.05, 0.1) is 36.4 Å². The number of allylic oxidation sites excluding steroid dienone is 2. The molecule has 0 aromatic heterocycles. The molecule has 4 N–H and O–H groups in total. The lowest BCUT2D eigenvalue weighted by Crippen LogP contribution is -2.44. The number of aliphatic hydroxyl groups is 2. The van der Waals surface area contributed by atoms with Crippen LogP contribution in [0.4, 0.5) is 4.79 Å². The summed E-state index contributed by atoms with van der Waals surface area (Å²) in [6, 6.07) is 11.7. The Bertz CT molecular complexity index is 1580. The summed E-state index contributed by atoms with van der Waals surface area (Å²) in [7, 11) is -3.86. The summed E-state index contributed by atoms with van der Waals surface area (Å²) in [6.07, 6.45) is 8.52. The van der Waals surface area contributed by atoms with E-state index in [0.717, 1.165) is 35.3 Å². The average molecular weight is 748 g/mol. The summed E-state index contributed by atoms with van der Waals surface area (Å²) in [5, 5.41) is 24.7. The molecule has 3 rings (SSSR count). The minimum atomic E-state index is -3.86. The minimum absolute atomic E-state index is 0.0585. The predicted octanol–water partition coefficient (Wildman–Crippen LogP) is 7.08. The normalized spacial score (nSPS) is 15.9. The number of carbonyl (C=O) groups excluding carboxylic acids is 1. The fraction of sp³-hybridized carbons (Fsp3) is 0.564. The third kappa shape index (κ3) is 12.9. The van der Waals surface area contributed by atoms with Crippen molar-refractivity contribution in [2.24, 2.45) is 5.92 Å². The monoisotopic (exact) mass is 747 g/mol. The smallest absolute Gasteiger partial charge is 0.315 e. The summed E-state index contributed by atoms with van der Waals surface area (Å²) in [4.78, 5) is 12.5. The SMILES string of the molecule is C/C=C(\C(=C/C)C(C)OCc1cc(S(=O)(=O)N(CCCCNC(=O)NC(CO)CCC(C)CO)C(C)C)ccc1Cl)c1ccccc1OC1CC1. The molecule has 2 aromatic rings. The van der Waals surface area contributed by atoms with E-state index < -0.39 is 16.1 Å². The Hall–Kier alpha value is -2.93. The van der Waals surface area contributed by atoms with Gasteiger partial charge in [-0.05, 0) is 120 Å². The molecule has 2 aromatic carbocycles. The zero-order valence-corrected chi connectivity index (χ0v) is 32.6. The van der Waals surface area contributed by atoms with Gasteiger partial charge in [0, 0.05) is 36.3 Å². The van der Waals surface area contributed by atoms with E-state index in [-0.39, 0.29) is 61.5 Å². The van der Waals surface area contributed by atoms with Crippen LogP contribution in [0.3, 0.4) is 0 Å². The summed E-state index contributed by atoms with van der Waals surface area (Å²) in [6.45, 7) is 12.1. The van der Waals surface area contributed by atoms with Crippen molar-refractivity contribution < 1.29 is 32.9 Å². The lowest BCUT2D eigenvalue weighted by Gasteiger charge is -2.26. The summed E-state index contributed by atoms with van der Waals surface area (Å²) in [5.41, 5.74) is 3.59. The molecule has 0 aliphatic heterocycles. The van der Waals surface area contributed by atoms with Crippen LogP contribution in [-0.4, -0.2) is 79.6 Å². The number of aliphatic hydroxyl groups excluding tert-OH is 2. The number of para-hydroxylation sites is 1. The van der Waals surface area contributed by atoms with Gasteiger partial charge < -0.3 is 30.3 Å². The topological polar surface area (TPSA) is 137 Å². The number of nitrogens with one attached hydrogen (secondary N) is 2. The van der Waals surface area contributed by atoms with Crippen LogP contribution in [0.15, 0.2) is 65.1 Å². The third-order valence-corrected chi connectivity index (χ3v) is 11.4. The molecule has 3 unspecified atom stereocenters. The summed E-state index contributed by atoms with van der Waals surface area (Å²) < 4.78 is 41.8. The van der Waals surface area contributed by atoms with E-state index in [1.165, 1.54) is 10.4 Å². The van der Waals surface area contributed by atoms with Crippen LogP contribution < -0.4 is 15.4 Å². The molecule has 284 valence electrons. The van der Waals surface area contributed by atoms with Gasteiger partial charge in [-0.15, -0.1) is 0 Å². The molecule has 0 spiro atoms. The van der Waals surface area contributed by atoms with Crippen LogP contribution in [0.25, 0.3) is 5.57 Å². The van der Waals surface area contributed by atoms with E-state index in [2.05, 4.69) is 22.8 Å². The van der Waals surface area contributed by atoms with Gasteiger partial charge in [-0.1, -0.05) is 48.9 Å². The van der Waals surface area contributed by atoms with E-state index in [0.29, 0.717) is 42.8 Å². The highest BCUT2D eigenvalue weighted by Gasteiger charge is 2.28. The number of sulfonamides is 1. The van der Waals surface area contributed by atoms with Gasteiger partial charge in [0.15, 0.2) is 0 Å². The molecule has 1 saturated carbocycles. The van der Waals surface area contributed by atoms with Gasteiger partial charge in [0.25, 0.3) is 0 Å². The van der Waals surface area contributed by atoms with Crippen LogP contribution in [0.2, 0.25) is 5.02 Å². The molecule has 10 nitrogen and oxygen atoms in total. The van der Waals surface area contributed by atoms with Gasteiger partial charge in [0.2, 0.25) is 10.0 Å². The second kappa shape index (κ2) is 20.9. The van der Waals surface area contributed by atoms with Crippen LogP contribution in [0, 0.1) is 5.92 Å². The van der Waals surface area contributed by atoms with Crippen molar-refractivity contribution in [1.82, 2.24) is 14.9 Å². The Morgan fingerprint density at radius 2 is 1.75 bits per heavy atom. The Kier molecular flexibility index (Phi) is 17.4. The van der Waals surface area contributed by atoms with Gasteiger partial charge in [0.1, 0.15) is 5.75 Å². The minimum Gasteiger partial charge on any atom is -0.490 e. The molecule has 0 heterocycles. The number of nitrogens with zero attached hydrogens (tertiary/aromatic N) is 1. The molecule has 2 amide bonds. The van der Waals surface area contributed by atoms with Crippen LogP contribution in [0.1, 0.15) is 91.2 Å². The number of halogens is 1. The molecule has 51 heavy (non-hydrogen) atoms. The van der Waals surface area contributed by atoms with Crippen molar-refractivity contribution >= 4 is 33.2 Å². The van der Waals surface area contributed by atoms with E-state index in [4.69, 9.17) is 21.1 Å². The molecule has 0 saturated heterocycles. The first-order valence-corrected chi connectivity index (χ1v) is 19.9. The van der Waals surface area contributed by atoms with Crippen molar-refractivity contribution in [2.75, 3.05) is 26.3 Å². The standard InChI is InChI=1S/C39H58ClN3O7S/c1-7-34(35(8-2)36-13-9-10-14-38(36)50-32-17-18-32)29(6)49-26-30-23-33(19-20-37(30)40)51(47,48)43(27(3)4)22-12-11-21-41-39(46)42-31(25-45)16-15-28(5)24-44/h7-10,13-14,19-20,23,27-29,31-32,44-45H,11-12,15-18,21-22,24-26H2,1-6H3,(H2,41,42,46)/b34-7-,35-8+. The van der Waals surface area contributed by atoms with Crippen LogP contribution in [0.5, 0.6) is 5.75 Å². The first kappa shape index (κ1) is 42.5. The fourth-order valence-electron chi connectivity index (χ4n) is 5.78. The van der Waals surface area contributed by atoms with E-state index in [1.54, 1.807) is 12.1 Å². The molecule has 3 atom stereocenters. The average Bonchev–Trinajstić information content (AvgIpc) is 3.93. The van der Waals surface area contributed by atoms with Gasteiger partial charge in [-0.25, -0.2) is 13.2 Å². The number of amides is 2. The van der Waals surface area contributed by atoms with Crippen molar-refractivity contribution in [1.29, 1.82) is 0 Å². The highest BCUT2D eigenvalue weighted by molar-refractivity contribution is 7.89. The van der Waals surface area contributed by atoms with Crippen molar-refractivity contribution in [2.45, 2.75) is 116 Å². The van der Waals surface area contributed by atoms with Gasteiger partial charge in [-0.3, -0.25) is 0 Å². The third-order valence-electron chi connectivity index (χ3n) is 9.00. The Morgan fingerprint density at radius 1 is 1.02 bits per heavy atom. The van der Waals surface area contributed by atoms with Gasteiger partial charge in [-0.2, -0.15) is 4.31 Å². The molecule has 1 fully saturated rings. The first-order valence-electron chi connectivity index (χ1n) is 18.1. The fourth-order valence-corrected chi connectivity index (χ4v) is 7.68. The van der Waals surface area contributed by atoms with Crippen molar-refractivity contribution in [3.63, 3.8) is 0 Å². The Labute approximate surface area is 310 Å². The van der Waals surface area contributed by atoms with E-state index in [9.17, 15) is 23.4 Å². The van der Waals surface area contributed by atoms with Crippen molar-refractivity contribution in [3.8, 4) is 5.75 Å². The molecule has 12 heteroatoms. The van der Waals surface area contributed by atoms with Crippen LogP contribution in [-0.2, 0) is 21.4 Å². The molecule has 0 bridgehead atoms. The number of unbranched alkanes of at least 4 members (excludes halogenated alkanes) is 1. The predicted molar refractivity (Wildman–Crippen MR) is 204 cm³/mol. The molecule has 0 radical (unpaired) electrons. The molecule has 1 aliphatic carbocycles. The number of carbonyl (C=O) groups is 1. The Morgan fingerprint density at radius 3 is 2.37 bits per heavy atom. The molecule has 1 aliphatic rings. The highest BCUT2D eigenvalue weighted by Crippen LogP contribution is 2.37. The number of hydrogen-bond donors (Lipinski definition) is 4. The van der Waals surface area contributed by atoms with Crippen molar-refractivity contribution in [3.05, 3.63) is 76.3 Å². The Balaban J connectivity index is 1.60.